The lowest BCUT2D eigenvalue weighted by atomic mass is 10.0. The summed E-state index contributed by atoms with van der Waals surface area (Å²) < 4.78 is 0.913. The van der Waals surface area contributed by atoms with Crippen LogP contribution in [0.25, 0.3) is 11.6 Å². The summed E-state index contributed by atoms with van der Waals surface area (Å²) in [6.45, 7) is 0. The number of anilines is 1. The van der Waals surface area contributed by atoms with Gasteiger partial charge in [-0.15, -0.1) is 0 Å². The molecule has 0 saturated carbocycles. The largest absolute Gasteiger partial charge is 0.322 e. The first-order valence-electron chi connectivity index (χ1n) is 8.11. The number of nitro groups is 1. The molecule has 5 nitrogen and oxygen atoms in total. The van der Waals surface area contributed by atoms with Crippen LogP contribution in [0.4, 0.5) is 11.4 Å². The van der Waals surface area contributed by atoms with Crippen molar-refractivity contribution in [3.8, 4) is 0 Å². The Kier molecular flexibility index (Phi) is 5.78. The van der Waals surface area contributed by atoms with Crippen molar-refractivity contribution in [1.82, 2.24) is 0 Å². The van der Waals surface area contributed by atoms with Crippen molar-refractivity contribution in [3.05, 3.63) is 105 Å². The number of non-ortho nitro benzene ring substituents is 1. The van der Waals surface area contributed by atoms with Crippen LogP contribution in [0, 0.1) is 10.1 Å². The molecule has 0 unspecified atom stereocenters. The van der Waals surface area contributed by atoms with Crippen molar-refractivity contribution < 1.29 is 9.72 Å². The van der Waals surface area contributed by atoms with Gasteiger partial charge in [0, 0.05) is 27.9 Å². The van der Waals surface area contributed by atoms with Crippen LogP contribution in [-0.2, 0) is 4.79 Å². The number of halogens is 1. The van der Waals surface area contributed by atoms with Gasteiger partial charge in [-0.2, -0.15) is 0 Å². The Hall–Kier alpha value is -3.25. The first-order valence-corrected chi connectivity index (χ1v) is 8.91. The Morgan fingerprint density at radius 3 is 2.33 bits per heavy atom. The molecule has 0 aliphatic heterocycles. The highest BCUT2D eigenvalue weighted by molar-refractivity contribution is 9.10. The molecule has 0 aromatic heterocycles. The van der Waals surface area contributed by atoms with Crippen LogP contribution in [0.1, 0.15) is 11.1 Å². The molecule has 1 N–H and O–H groups in total. The molecule has 27 heavy (non-hydrogen) atoms. The van der Waals surface area contributed by atoms with Crippen molar-refractivity contribution in [1.29, 1.82) is 0 Å². The van der Waals surface area contributed by atoms with E-state index in [0.717, 1.165) is 10.0 Å². The van der Waals surface area contributed by atoms with Crippen LogP contribution in [0.3, 0.4) is 0 Å². The number of amides is 1. The fourth-order valence-electron chi connectivity index (χ4n) is 2.52. The molecule has 0 bridgehead atoms. The molecular formula is C21H15BrN2O3. The average molecular weight is 423 g/mol. The summed E-state index contributed by atoms with van der Waals surface area (Å²) in [6.07, 6.45) is 1.65. The fourth-order valence-corrected chi connectivity index (χ4v) is 2.79. The maximum absolute atomic E-state index is 12.9. The van der Waals surface area contributed by atoms with Crippen LogP contribution in [-0.4, -0.2) is 10.8 Å². The van der Waals surface area contributed by atoms with Gasteiger partial charge in [-0.05, 0) is 41.5 Å². The number of hydrogen-bond donors (Lipinski definition) is 1. The summed E-state index contributed by atoms with van der Waals surface area (Å²) in [6, 6.07) is 22.6. The minimum Gasteiger partial charge on any atom is -0.322 e. The molecule has 0 aliphatic rings. The summed E-state index contributed by atoms with van der Waals surface area (Å²) >= 11 is 3.36. The summed E-state index contributed by atoms with van der Waals surface area (Å²) in [5.41, 5.74) is 2.35. The predicted molar refractivity (Wildman–Crippen MR) is 110 cm³/mol. The Morgan fingerprint density at radius 1 is 0.963 bits per heavy atom. The van der Waals surface area contributed by atoms with Gasteiger partial charge in [-0.25, -0.2) is 0 Å². The molecule has 0 spiro atoms. The van der Waals surface area contributed by atoms with Crippen molar-refractivity contribution in [3.63, 3.8) is 0 Å². The highest BCUT2D eigenvalue weighted by Crippen LogP contribution is 2.23. The predicted octanol–water partition coefficient (Wildman–Crippen LogP) is 5.54. The Labute approximate surface area is 164 Å². The zero-order valence-corrected chi connectivity index (χ0v) is 15.7. The quantitative estimate of drug-likeness (QED) is 0.254. The number of rotatable bonds is 5. The molecule has 1 amide bonds. The number of nitrogens with one attached hydrogen (secondary N) is 1. The second-order valence-electron chi connectivity index (χ2n) is 5.74. The number of nitrogens with zero attached hydrogens (tertiary/aromatic N) is 1. The molecule has 0 heterocycles. The zero-order chi connectivity index (χ0) is 19.2. The van der Waals surface area contributed by atoms with E-state index in [2.05, 4.69) is 21.2 Å². The molecule has 0 fully saturated rings. The second kappa shape index (κ2) is 8.42. The van der Waals surface area contributed by atoms with E-state index in [9.17, 15) is 14.9 Å². The third-order valence-electron chi connectivity index (χ3n) is 3.82. The van der Waals surface area contributed by atoms with E-state index in [-0.39, 0.29) is 11.6 Å². The number of carbonyl (C=O) groups excluding carboxylic acids is 1. The van der Waals surface area contributed by atoms with Crippen molar-refractivity contribution >= 4 is 44.9 Å². The van der Waals surface area contributed by atoms with E-state index in [1.807, 2.05) is 42.5 Å². The third kappa shape index (κ3) is 4.89. The van der Waals surface area contributed by atoms with E-state index >= 15 is 0 Å². The highest BCUT2D eigenvalue weighted by atomic mass is 79.9. The molecule has 3 aromatic carbocycles. The van der Waals surface area contributed by atoms with Gasteiger partial charge in [-0.1, -0.05) is 58.4 Å². The van der Waals surface area contributed by atoms with Crippen LogP contribution >= 0.6 is 15.9 Å². The molecule has 3 aromatic rings. The monoisotopic (exact) mass is 422 g/mol. The van der Waals surface area contributed by atoms with E-state index in [0.29, 0.717) is 16.8 Å². The Morgan fingerprint density at radius 2 is 1.67 bits per heavy atom. The van der Waals surface area contributed by atoms with Crippen LogP contribution in [0.15, 0.2) is 83.3 Å². The minimum absolute atomic E-state index is 0.0236. The first-order chi connectivity index (χ1) is 13.0. The van der Waals surface area contributed by atoms with Gasteiger partial charge in [-0.3, -0.25) is 14.9 Å². The summed E-state index contributed by atoms with van der Waals surface area (Å²) in [5, 5.41) is 13.9. The number of nitro benzene ring substituents is 1. The molecule has 6 heteroatoms. The smallest absolute Gasteiger partial charge is 0.270 e. The summed E-state index contributed by atoms with van der Waals surface area (Å²) in [7, 11) is 0. The van der Waals surface area contributed by atoms with E-state index in [1.54, 1.807) is 30.3 Å². The molecule has 134 valence electrons. The third-order valence-corrected chi connectivity index (χ3v) is 4.35. The molecule has 0 atom stereocenters. The van der Waals surface area contributed by atoms with Gasteiger partial charge >= 0.3 is 0 Å². The Balaban J connectivity index is 1.98. The normalized spacial score (nSPS) is 11.1. The average Bonchev–Trinajstić information content (AvgIpc) is 2.68. The van der Waals surface area contributed by atoms with Gasteiger partial charge in [0.2, 0.25) is 0 Å². The first kappa shape index (κ1) is 18.5. The van der Waals surface area contributed by atoms with Crippen LogP contribution in [0.2, 0.25) is 0 Å². The lowest BCUT2D eigenvalue weighted by Gasteiger charge is -2.10. The SMILES string of the molecule is O=C(Nc1ccc(Br)cc1)/C(=C/c1cccc([N+](=O)[O-])c1)c1ccccc1. The summed E-state index contributed by atoms with van der Waals surface area (Å²) in [4.78, 5) is 23.5. The second-order valence-corrected chi connectivity index (χ2v) is 6.65. The topological polar surface area (TPSA) is 72.2 Å². The standard InChI is InChI=1S/C21H15BrN2O3/c22-17-9-11-18(12-10-17)23-21(25)20(16-6-2-1-3-7-16)14-15-5-4-8-19(13-15)24(26)27/h1-14H,(H,23,25)/b20-14+. The number of carbonyl (C=O) groups is 1. The minimum atomic E-state index is -0.457. The lowest BCUT2D eigenvalue weighted by Crippen LogP contribution is -2.13. The number of hydrogen-bond acceptors (Lipinski definition) is 3. The summed E-state index contributed by atoms with van der Waals surface area (Å²) in [5.74, 6) is -0.296. The van der Waals surface area contributed by atoms with Gasteiger partial charge in [0.15, 0.2) is 0 Å². The van der Waals surface area contributed by atoms with Crippen molar-refractivity contribution in [2.45, 2.75) is 0 Å². The number of benzene rings is 3. The van der Waals surface area contributed by atoms with Crippen molar-refractivity contribution in [2.75, 3.05) is 5.32 Å². The van der Waals surface area contributed by atoms with Crippen LogP contribution in [0.5, 0.6) is 0 Å². The van der Waals surface area contributed by atoms with E-state index < -0.39 is 4.92 Å². The van der Waals surface area contributed by atoms with Gasteiger partial charge in [0.25, 0.3) is 11.6 Å². The van der Waals surface area contributed by atoms with E-state index in [4.69, 9.17) is 0 Å². The van der Waals surface area contributed by atoms with Gasteiger partial charge < -0.3 is 5.32 Å². The van der Waals surface area contributed by atoms with E-state index in [1.165, 1.54) is 12.1 Å². The maximum atomic E-state index is 12.9. The van der Waals surface area contributed by atoms with Crippen molar-refractivity contribution in [2.24, 2.45) is 0 Å². The van der Waals surface area contributed by atoms with Gasteiger partial charge in [0.05, 0.1) is 4.92 Å². The molecule has 0 radical (unpaired) electrons. The molecule has 0 aliphatic carbocycles. The van der Waals surface area contributed by atoms with Gasteiger partial charge in [0.1, 0.15) is 0 Å². The zero-order valence-electron chi connectivity index (χ0n) is 14.1. The van der Waals surface area contributed by atoms with Crippen LogP contribution < -0.4 is 5.32 Å². The molecular weight excluding hydrogens is 408 g/mol. The highest BCUT2D eigenvalue weighted by Gasteiger charge is 2.13. The molecule has 0 saturated heterocycles. The Bertz CT molecular complexity index is 999. The lowest BCUT2D eigenvalue weighted by molar-refractivity contribution is -0.384. The fraction of sp³-hybridized carbons (Fsp3) is 0. The maximum Gasteiger partial charge on any atom is 0.270 e. The molecule has 3 rings (SSSR count).